The number of hydrogen-bond donors (Lipinski definition) is 1. The minimum absolute atomic E-state index is 0.125. The predicted molar refractivity (Wildman–Crippen MR) is 67.3 cm³/mol. The summed E-state index contributed by atoms with van der Waals surface area (Å²) in [6.45, 7) is 2.52. The Kier molecular flexibility index (Phi) is 3.88. The quantitative estimate of drug-likeness (QED) is 0.653. The van der Waals surface area contributed by atoms with Crippen LogP contribution in [0.4, 0.5) is 0 Å². The van der Waals surface area contributed by atoms with Gasteiger partial charge in [0, 0.05) is 19.9 Å². The maximum absolute atomic E-state index is 10.9. The lowest BCUT2D eigenvalue weighted by atomic mass is 10.2. The molecule has 106 valence electrons. The van der Waals surface area contributed by atoms with Crippen molar-refractivity contribution in [3.63, 3.8) is 0 Å². The summed E-state index contributed by atoms with van der Waals surface area (Å²) in [7, 11) is 0. The summed E-state index contributed by atoms with van der Waals surface area (Å²) in [6, 6.07) is 7.86. The van der Waals surface area contributed by atoms with E-state index in [-0.39, 0.29) is 18.2 Å². The Morgan fingerprint density at radius 2 is 1.95 bits per heavy atom. The molecule has 2 amide bonds. The third-order valence-corrected chi connectivity index (χ3v) is 2.53. The van der Waals surface area contributed by atoms with Gasteiger partial charge in [-0.05, 0) is 12.1 Å². The van der Waals surface area contributed by atoms with E-state index in [1.54, 1.807) is 0 Å². The summed E-state index contributed by atoms with van der Waals surface area (Å²) < 4.78 is 9.73. The molecule has 1 fully saturated rings. The highest BCUT2D eigenvalue weighted by molar-refractivity contribution is 5.86. The van der Waals surface area contributed by atoms with Crippen LogP contribution in [0.3, 0.4) is 0 Å². The number of esters is 1. The van der Waals surface area contributed by atoms with E-state index < -0.39 is 12.2 Å². The summed E-state index contributed by atoms with van der Waals surface area (Å²) in [5, 5.41) is 1.00. The van der Waals surface area contributed by atoms with Crippen molar-refractivity contribution in [2.24, 2.45) is 0 Å². The van der Waals surface area contributed by atoms with Gasteiger partial charge >= 0.3 is 5.97 Å². The number of rotatable bonds is 2. The first kappa shape index (κ1) is 13.9. The third-order valence-electron chi connectivity index (χ3n) is 2.53. The molecule has 20 heavy (non-hydrogen) atoms. The maximum Gasteiger partial charge on any atom is 0.304 e. The van der Waals surface area contributed by atoms with E-state index in [0.717, 1.165) is 16.5 Å². The molecule has 4 rings (SSSR count). The highest BCUT2D eigenvalue weighted by atomic mass is 16.6. The van der Waals surface area contributed by atoms with Gasteiger partial charge in [-0.25, -0.2) is 5.01 Å². The Balaban J connectivity index is 0.000000173. The summed E-state index contributed by atoms with van der Waals surface area (Å²) in [5.74, 6) is 0.856. The molecule has 1 atom stereocenters. The van der Waals surface area contributed by atoms with E-state index in [2.05, 4.69) is 5.43 Å². The summed E-state index contributed by atoms with van der Waals surface area (Å²) in [5.41, 5.74) is 2.25. The van der Waals surface area contributed by atoms with Gasteiger partial charge in [0.2, 0.25) is 18.0 Å². The number of hydrazine groups is 1. The van der Waals surface area contributed by atoms with Gasteiger partial charge < -0.3 is 9.47 Å². The fourth-order valence-corrected chi connectivity index (χ4v) is 1.66. The van der Waals surface area contributed by atoms with Crippen LogP contribution in [-0.4, -0.2) is 29.0 Å². The number of benzene rings is 1. The topological polar surface area (TPSA) is 84.9 Å². The van der Waals surface area contributed by atoms with E-state index in [4.69, 9.17) is 9.47 Å². The van der Waals surface area contributed by atoms with Gasteiger partial charge in [-0.2, -0.15) is 0 Å². The molecule has 3 aliphatic heterocycles. The molecule has 0 spiro atoms. The lowest BCUT2D eigenvalue weighted by molar-refractivity contribution is -0.191. The van der Waals surface area contributed by atoms with Crippen LogP contribution in [0.1, 0.15) is 20.3 Å². The number of nitrogens with zero attached hydrogens (tertiary/aromatic N) is 1. The van der Waals surface area contributed by atoms with Gasteiger partial charge in [-0.3, -0.25) is 19.8 Å². The Hall–Kier alpha value is -2.57. The molecule has 1 aromatic rings. The molecule has 0 saturated carbocycles. The normalized spacial score (nSPS) is 17.6. The molecule has 7 heteroatoms. The van der Waals surface area contributed by atoms with Crippen LogP contribution in [-0.2, 0) is 19.1 Å². The van der Waals surface area contributed by atoms with Gasteiger partial charge in [0.25, 0.3) is 0 Å². The molecule has 7 nitrogen and oxygen atoms in total. The largest absolute Gasteiger partial charge is 0.457 e. The molecule has 1 aromatic carbocycles. The smallest absolute Gasteiger partial charge is 0.304 e. The Bertz CT molecular complexity index is 533. The molecular weight excluding hydrogens is 264 g/mol. The Morgan fingerprint density at radius 1 is 1.35 bits per heavy atom. The molecule has 3 heterocycles. The van der Waals surface area contributed by atoms with E-state index in [1.807, 2.05) is 24.3 Å². The van der Waals surface area contributed by atoms with Crippen LogP contribution in [0, 0.1) is 0 Å². The molecule has 0 aromatic heterocycles. The average molecular weight is 278 g/mol. The molecule has 0 aliphatic carbocycles. The van der Waals surface area contributed by atoms with Crippen LogP contribution < -0.4 is 10.2 Å². The third kappa shape index (κ3) is 3.25. The second kappa shape index (κ2) is 5.60. The second-order valence-corrected chi connectivity index (χ2v) is 4.28. The number of fused-ring (bicyclic) bond motifs is 2. The van der Waals surface area contributed by atoms with E-state index in [9.17, 15) is 14.4 Å². The summed E-state index contributed by atoms with van der Waals surface area (Å²) in [6.07, 6.45) is -0.520. The first-order valence-corrected chi connectivity index (χ1v) is 6.00. The van der Waals surface area contributed by atoms with Crippen LogP contribution in [0.2, 0.25) is 0 Å². The number of carbonyl (C=O) groups excluding carboxylic acids is 3. The van der Waals surface area contributed by atoms with Crippen LogP contribution >= 0.6 is 0 Å². The van der Waals surface area contributed by atoms with Crippen LogP contribution in [0.15, 0.2) is 24.3 Å². The number of amides is 2. The van der Waals surface area contributed by atoms with Gasteiger partial charge in [0.15, 0.2) is 0 Å². The van der Waals surface area contributed by atoms with Gasteiger partial charge in [0.1, 0.15) is 11.5 Å². The molecular formula is C13H14N2O5. The highest BCUT2D eigenvalue weighted by Gasteiger charge is 2.39. The van der Waals surface area contributed by atoms with E-state index >= 15 is 0 Å². The molecule has 0 radical (unpaired) electrons. The zero-order valence-electron chi connectivity index (χ0n) is 11.1. The maximum atomic E-state index is 10.9. The number of ether oxygens (including phenoxy) is 2. The molecule has 0 unspecified atom stereocenters. The van der Waals surface area contributed by atoms with Crippen molar-refractivity contribution in [1.82, 2.24) is 10.4 Å². The number of nitrogens with one attached hydrogen (secondary N) is 1. The van der Waals surface area contributed by atoms with Crippen molar-refractivity contribution in [3.8, 4) is 11.5 Å². The van der Waals surface area contributed by atoms with Crippen molar-refractivity contribution < 1.29 is 23.9 Å². The van der Waals surface area contributed by atoms with Crippen molar-refractivity contribution in [2.45, 2.75) is 26.5 Å². The lowest BCUT2D eigenvalue weighted by Gasteiger charge is -2.38. The van der Waals surface area contributed by atoms with Gasteiger partial charge in [-0.15, -0.1) is 0 Å². The van der Waals surface area contributed by atoms with Gasteiger partial charge in [0.05, 0.1) is 6.42 Å². The van der Waals surface area contributed by atoms with E-state index in [0.29, 0.717) is 0 Å². The molecule has 3 aliphatic rings. The number of carbonyl (C=O) groups is 3. The molecule has 2 bridgehead atoms. The molecule has 1 saturated heterocycles. The second-order valence-electron chi connectivity index (χ2n) is 4.28. The summed E-state index contributed by atoms with van der Waals surface area (Å²) in [4.78, 5) is 32.0. The zero-order valence-corrected chi connectivity index (χ0v) is 11.1. The van der Waals surface area contributed by atoms with Crippen molar-refractivity contribution >= 4 is 17.8 Å². The summed E-state index contributed by atoms with van der Waals surface area (Å²) >= 11 is 0. The van der Waals surface area contributed by atoms with Crippen molar-refractivity contribution in [1.29, 1.82) is 0 Å². The van der Waals surface area contributed by atoms with E-state index in [1.165, 1.54) is 13.8 Å². The fourth-order valence-electron chi connectivity index (χ4n) is 1.66. The van der Waals surface area contributed by atoms with Crippen LogP contribution in [0.25, 0.3) is 0 Å². The highest BCUT2D eigenvalue weighted by Crippen LogP contribution is 2.32. The van der Waals surface area contributed by atoms with Crippen molar-refractivity contribution in [3.05, 3.63) is 24.3 Å². The average Bonchev–Trinajstić information content (AvgIpc) is 2.36. The standard InChI is InChI=1S/C7H10N2O4.C6H4O/c1-4(10)8-9-6(12)3-7(9)13-5(2)11;1-2-5-4-6(3-1)7-5/h7H,3H2,1-2H3,(H,8,10);1-4H/t7-;/m0./s1. The first-order chi connectivity index (χ1) is 9.45. The minimum Gasteiger partial charge on any atom is -0.457 e. The first-order valence-electron chi connectivity index (χ1n) is 6.00. The Morgan fingerprint density at radius 3 is 2.25 bits per heavy atom. The zero-order chi connectivity index (χ0) is 14.7. The predicted octanol–water partition coefficient (Wildman–Crippen LogP) is 0.951. The molecule has 1 N–H and O–H groups in total. The monoisotopic (exact) mass is 278 g/mol. The fraction of sp³-hybridized carbons (Fsp3) is 0.308. The lowest BCUT2D eigenvalue weighted by Crippen LogP contribution is -2.61. The number of β-lactam (4-membered cyclic amide) rings is 1. The Labute approximate surface area is 115 Å². The van der Waals surface area contributed by atoms with Crippen molar-refractivity contribution in [2.75, 3.05) is 0 Å². The minimum atomic E-state index is -0.645. The van der Waals surface area contributed by atoms with Crippen LogP contribution in [0.5, 0.6) is 11.5 Å². The SMILES string of the molecule is CC(=O)NN1C(=O)C[C@@H]1OC(C)=O.c1cc2cc(c1)O2. The van der Waals surface area contributed by atoms with Gasteiger partial charge in [-0.1, -0.05) is 6.07 Å². The number of hydrogen-bond acceptors (Lipinski definition) is 5.